The molecule has 0 bridgehead atoms. The monoisotopic (exact) mass is 471 g/mol. The summed E-state index contributed by atoms with van der Waals surface area (Å²) in [4.78, 5) is 9.79. The number of nitrogens with zero attached hydrogens (tertiary/aromatic N) is 2. The SMILES string of the molecule is CC1Nc2ncc(-c3ccc(C(C)N4CCCC4)s3)cc2C1C1=C2OC(F)(F)OC2=CCC1. The van der Waals surface area contributed by atoms with E-state index < -0.39 is 6.29 Å². The second kappa shape index (κ2) is 7.81. The van der Waals surface area contributed by atoms with Gasteiger partial charge in [0.15, 0.2) is 11.5 Å². The van der Waals surface area contributed by atoms with E-state index >= 15 is 0 Å². The van der Waals surface area contributed by atoms with Gasteiger partial charge in [0.05, 0.1) is 0 Å². The summed E-state index contributed by atoms with van der Waals surface area (Å²) in [6, 6.07) is 7.01. The Balaban J connectivity index is 1.34. The Morgan fingerprint density at radius 3 is 2.88 bits per heavy atom. The number of nitrogens with one attached hydrogen (secondary N) is 1. The maximum Gasteiger partial charge on any atom is 0.586 e. The van der Waals surface area contributed by atoms with Crippen LogP contribution in [0.25, 0.3) is 10.4 Å². The molecule has 1 aliphatic carbocycles. The number of hydrogen-bond acceptors (Lipinski definition) is 6. The number of pyridine rings is 1. The van der Waals surface area contributed by atoms with Gasteiger partial charge in [-0.3, -0.25) is 4.90 Å². The predicted octanol–water partition coefficient (Wildman–Crippen LogP) is 6.39. The zero-order valence-corrected chi connectivity index (χ0v) is 19.6. The quantitative estimate of drug-likeness (QED) is 0.560. The summed E-state index contributed by atoms with van der Waals surface area (Å²) in [5.74, 6) is 1.07. The molecule has 3 unspecified atom stereocenters. The van der Waals surface area contributed by atoms with Crippen LogP contribution >= 0.6 is 11.3 Å². The van der Waals surface area contributed by atoms with Gasteiger partial charge < -0.3 is 14.8 Å². The lowest BCUT2D eigenvalue weighted by Crippen LogP contribution is -2.22. The topological polar surface area (TPSA) is 46.6 Å². The smallest absolute Gasteiger partial charge is 0.396 e. The second-order valence-electron chi connectivity index (χ2n) is 9.32. The fourth-order valence-corrected chi connectivity index (χ4v) is 6.64. The second-order valence-corrected chi connectivity index (χ2v) is 10.4. The molecule has 2 saturated heterocycles. The minimum atomic E-state index is -3.60. The number of ether oxygens (including phenoxy) is 2. The van der Waals surface area contributed by atoms with E-state index in [4.69, 9.17) is 14.5 Å². The molecule has 8 heteroatoms. The van der Waals surface area contributed by atoms with E-state index in [1.54, 1.807) is 6.08 Å². The van der Waals surface area contributed by atoms with Crippen molar-refractivity contribution in [3.8, 4) is 10.4 Å². The largest absolute Gasteiger partial charge is 0.586 e. The average Bonchev–Trinajstić information content (AvgIpc) is 3.56. The van der Waals surface area contributed by atoms with Crippen LogP contribution in [0.2, 0.25) is 0 Å². The summed E-state index contributed by atoms with van der Waals surface area (Å²) in [5.41, 5.74) is 2.95. The first kappa shape index (κ1) is 21.1. The highest BCUT2D eigenvalue weighted by molar-refractivity contribution is 7.15. The van der Waals surface area contributed by atoms with Crippen molar-refractivity contribution in [3.05, 3.63) is 58.0 Å². The Bertz CT molecular complexity index is 1150. The number of allylic oxidation sites excluding steroid dienone is 1. The van der Waals surface area contributed by atoms with Gasteiger partial charge in [0.2, 0.25) is 0 Å². The van der Waals surface area contributed by atoms with Crippen LogP contribution in [0, 0.1) is 0 Å². The highest BCUT2D eigenvalue weighted by Gasteiger charge is 2.49. The van der Waals surface area contributed by atoms with Crippen molar-refractivity contribution in [1.29, 1.82) is 0 Å². The van der Waals surface area contributed by atoms with Crippen molar-refractivity contribution < 1.29 is 18.3 Å². The molecule has 2 fully saturated rings. The van der Waals surface area contributed by atoms with E-state index in [0.717, 1.165) is 22.5 Å². The molecule has 0 amide bonds. The number of aromatic nitrogens is 1. The minimum absolute atomic E-state index is 0.0245. The van der Waals surface area contributed by atoms with Gasteiger partial charge in [0, 0.05) is 45.1 Å². The van der Waals surface area contributed by atoms with Crippen molar-refractivity contribution in [3.63, 3.8) is 0 Å². The van der Waals surface area contributed by atoms with Gasteiger partial charge >= 0.3 is 6.29 Å². The fourth-order valence-electron chi connectivity index (χ4n) is 5.56. The van der Waals surface area contributed by atoms with Crippen molar-refractivity contribution in [2.75, 3.05) is 18.4 Å². The Kier molecular flexibility index (Phi) is 4.99. The Hall–Kier alpha value is -2.45. The predicted molar refractivity (Wildman–Crippen MR) is 124 cm³/mol. The Morgan fingerprint density at radius 1 is 1.24 bits per heavy atom. The molecule has 3 atom stereocenters. The molecule has 6 rings (SSSR count). The van der Waals surface area contributed by atoms with E-state index in [9.17, 15) is 8.78 Å². The molecule has 2 aromatic rings. The fraction of sp³-hybridized carbons (Fsp3) is 0.480. The molecule has 4 aliphatic rings. The lowest BCUT2D eigenvalue weighted by Gasteiger charge is -2.23. The van der Waals surface area contributed by atoms with E-state index in [1.165, 1.54) is 35.7 Å². The Morgan fingerprint density at radius 2 is 2.06 bits per heavy atom. The molecular formula is C25H27F2N3O2S. The van der Waals surface area contributed by atoms with Crippen LogP contribution in [0.3, 0.4) is 0 Å². The maximum atomic E-state index is 13.8. The highest BCUT2D eigenvalue weighted by Crippen LogP contribution is 2.50. The number of anilines is 1. The molecule has 5 nitrogen and oxygen atoms in total. The molecule has 0 saturated carbocycles. The third kappa shape index (κ3) is 3.64. The molecule has 1 N–H and O–H groups in total. The summed E-state index contributed by atoms with van der Waals surface area (Å²) in [6.45, 7) is 6.68. The first-order chi connectivity index (χ1) is 15.9. The molecule has 33 heavy (non-hydrogen) atoms. The summed E-state index contributed by atoms with van der Waals surface area (Å²) >= 11 is 1.81. The lowest BCUT2D eigenvalue weighted by molar-refractivity contribution is -0.326. The maximum absolute atomic E-state index is 13.8. The molecule has 174 valence electrons. The normalized spacial score (nSPS) is 26.8. The van der Waals surface area contributed by atoms with E-state index in [0.29, 0.717) is 18.9 Å². The van der Waals surface area contributed by atoms with Crippen molar-refractivity contribution >= 4 is 17.2 Å². The molecule has 2 aromatic heterocycles. The number of thiophene rings is 1. The van der Waals surface area contributed by atoms with Gasteiger partial charge in [-0.1, -0.05) is 0 Å². The average molecular weight is 472 g/mol. The van der Waals surface area contributed by atoms with Crippen LogP contribution in [0.1, 0.15) is 61.9 Å². The first-order valence-corrected chi connectivity index (χ1v) is 12.5. The van der Waals surface area contributed by atoms with Gasteiger partial charge in [-0.15, -0.1) is 20.1 Å². The van der Waals surface area contributed by atoms with Crippen molar-refractivity contribution in [2.45, 2.75) is 63.8 Å². The summed E-state index contributed by atoms with van der Waals surface area (Å²) in [5, 5.41) is 3.43. The van der Waals surface area contributed by atoms with Gasteiger partial charge in [0.1, 0.15) is 5.82 Å². The highest BCUT2D eigenvalue weighted by atomic mass is 32.1. The lowest BCUT2D eigenvalue weighted by atomic mass is 9.83. The standard InChI is InChI=1S/C25H27F2N3O2S/c1-14-22(17-6-5-7-19-23(17)32-25(26,27)31-19)18-12-16(13-28-24(18)29-14)21-9-8-20(33-21)15(2)30-10-3-4-11-30/h7-9,12-15,22H,3-6,10-11H2,1-2H3,(H,28,29). The van der Waals surface area contributed by atoms with E-state index in [1.807, 2.05) is 17.5 Å². The zero-order valence-electron chi connectivity index (χ0n) is 18.7. The van der Waals surface area contributed by atoms with Crippen LogP contribution in [0.4, 0.5) is 14.6 Å². The molecule has 3 aliphatic heterocycles. The van der Waals surface area contributed by atoms with Crippen molar-refractivity contribution in [1.82, 2.24) is 9.88 Å². The van der Waals surface area contributed by atoms with Gasteiger partial charge in [-0.05, 0) is 82.5 Å². The first-order valence-electron chi connectivity index (χ1n) is 11.7. The van der Waals surface area contributed by atoms with Gasteiger partial charge in [-0.25, -0.2) is 4.98 Å². The van der Waals surface area contributed by atoms with E-state index in [-0.39, 0.29) is 23.5 Å². The number of hydrogen-bond donors (Lipinski definition) is 1. The molecule has 0 aromatic carbocycles. The minimum Gasteiger partial charge on any atom is -0.396 e. The number of alkyl halides is 2. The van der Waals surface area contributed by atoms with Crippen LogP contribution in [0.15, 0.2) is 47.6 Å². The van der Waals surface area contributed by atoms with Crippen LogP contribution in [0.5, 0.6) is 0 Å². The van der Waals surface area contributed by atoms with Gasteiger partial charge in [0.25, 0.3) is 0 Å². The molecule has 0 spiro atoms. The van der Waals surface area contributed by atoms with Gasteiger partial charge in [-0.2, -0.15) is 0 Å². The van der Waals surface area contributed by atoms with Crippen LogP contribution < -0.4 is 5.32 Å². The molecule has 0 radical (unpaired) electrons. The van der Waals surface area contributed by atoms with Crippen LogP contribution in [-0.2, 0) is 9.47 Å². The number of halogens is 2. The summed E-state index contributed by atoms with van der Waals surface area (Å²) in [6.07, 6.45) is 3.87. The Labute approximate surface area is 196 Å². The summed E-state index contributed by atoms with van der Waals surface area (Å²) < 4.78 is 37.3. The third-order valence-corrected chi connectivity index (χ3v) is 8.52. The van der Waals surface area contributed by atoms with Crippen LogP contribution in [-0.4, -0.2) is 35.3 Å². The number of likely N-dealkylation sites (tertiary alicyclic amines) is 1. The number of rotatable bonds is 4. The van der Waals surface area contributed by atoms with Crippen molar-refractivity contribution in [2.24, 2.45) is 0 Å². The van der Waals surface area contributed by atoms with E-state index in [2.05, 4.69) is 42.3 Å². The summed E-state index contributed by atoms with van der Waals surface area (Å²) in [7, 11) is 0. The molecule has 5 heterocycles. The molecular weight excluding hydrogens is 444 g/mol. The third-order valence-electron chi connectivity index (χ3n) is 7.21. The zero-order chi connectivity index (χ0) is 22.7. The number of fused-ring (bicyclic) bond motifs is 2.